The van der Waals surface area contributed by atoms with E-state index in [-0.39, 0.29) is 5.84 Å². The molecule has 0 saturated heterocycles. The number of aliphatic imine (C=N–C) groups is 1. The minimum absolute atomic E-state index is 0.0580. The lowest BCUT2D eigenvalue weighted by Crippen LogP contribution is -2.13. The summed E-state index contributed by atoms with van der Waals surface area (Å²) in [7, 11) is 1.64. The predicted molar refractivity (Wildman–Crippen MR) is 103 cm³/mol. The number of nitrogens with two attached hydrogens (primary N) is 2. The van der Waals surface area contributed by atoms with E-state index in [0.717, 1.165) is 30.6 Å². The lowest BCUT2D eigenvalue weighted by atomic mass is 10.2. The summed E-state index contributed by atoms with van der Waals surface area (Å²) in [6, 6.07) is 10.8. The van der Waals surface area contributed by atoms with E-state index in [1.807, 2.05) is 18.2 Å². The number of nitrogens with one attached hydrogen (secondary N) is 1. The number of nitrogens with zero attached hydrogens (tertiary/aromatic N) is 2. The molecule has 2 rings (SSSR count). The van der Waals surface area contributed by atoms with Crippen molar-refractivity contribution in [2.45, 2.75) is 19.3 Å². The molecule has 26 heavy (non-hydrogen) atoms. The van der Waals surface area contributed by atoms with Gasteiger partial charge in [0.1, 0.15) is 17.4 Å². The molecule has 0 aliphatic rings. The van der Waals surface area contributed by atoms with E-state index in [1.54, 1.807) is 31.4 Å². The van der Waals surface area contributed by atoms with Crippen molar-refractivity contribution in [1.29, 1.82) is 5.41 Å². The number of hydrogen-bond donors (Lipinski definition) is 3. The second kappa shape index (κ2) is 10.0. The van der Waals surface area contributed by atoms with E-state index in [0.29, 0.717) is 30.5 Å². The molecule has 7 nitrogen and oxygen atoms in total. The Morgan fingerprint density at radius 1 is 0.962 bits per heavy atom. The molecule has 2 aromatic rings. The number of ether oxygens (including phenoxy) is 2. The van der Waals surface area contributed by atoms with Gasteiger partial charge in [-0.05, 0) is 49.6 Å². The molecular formula is C19H25N5O2. The van der Waals surface area contributed by atoms with Gasteiger partial charge in [0.05, 0.1) is 13.2 Å². The van der Waals surface area contributed by atoms with Crippen molar-refractivity contribution in [3.63, 3.8) is 0 Å². The van der Waals surface area contributed by atoms with Gasteiger partial charge in [0, 0.05) is 30.4 Å². The number of unbranched alkanes of at least 4 members (excludes halogenated alkanes) is 2. The average Bonchev–Trinajstić information content (AvgIpc) is 2.67. The van der Waals surface area contributed by atoms with Crippen LogP contribution in [-0.2, 0) is 0 Å². The minimum Gasteiger partial charge on any atom is -0.494 e. The summed E-state index contributed by atoms with van der Waals surface area (Å²) in [6.45, 7) is 1.25. The van der Waals surface area contributed by atoms with Crippen LogP contribution in [0.4, 0.5) is 0 Å². The number of hydrogen-bond acceptors (Lipinski definition) is 5. The molecule has 0 radical (unpaired) electrons. The third-order valence-corrected chi connectivity index (χ3v) is 3.75. The van der Waals surface area contributed by atoms with Crippen molar-refractivity contribution >= 4 is 11.7 Å². The first kappa shape index (κ1) is 19.2. The molecule has 1 aromatic carbocycles. The van der Waals surface area contributed by atoms with Gasteiger partial charge in [-0.2, -0.15) is 0 Å². The SMILES string of the molecule is CN=C(N)c1ccc(OCCCCCOc2ccc(C(=N)N)cc2)nc1. The largest absolute Gasteiger partial charge is 0.494 e. The number of aromatic nitrogens is 1. The Kier molecular flexibility index (Phi) is 7.42. The molecule has 0 saturated carbocycles. The van der Waals surface area contributed by atoms with Gasteiger partial charge in [0.15, 0.2) is 0 Å². The highest BCUT2D eigenvalue weighted by Gasteiger charge is 2.01. The molecule has 7 heteroatoms. The molecule has 0 unspecified atom stereocenters. The molecule has 0 fully saturated rings. The second-order valence-corrected chi connectivity index (χ2v) is 5.69. The van der Waals surface area contributed by atoms with Crippen LogP contribution in [0.2, 0.25) is 0 Å². The van der Waals surface area contributed by atoms with Gasteiger partial charge in [0.25, 0.3) is 0 Å². The van der Waals surface area contributed by atoms with Gasteiger partial charge in [-0.15, -0.1) is 0 Å². The Morgan fingerprint density at radius 2 is 1.62 bits per heavy atom. The van der Waals surface area contributed by atoms with Crippen LogP contribution >= 0.6 is 0 Å². The van der Waals surface area contributed by atoms with Crippen LogP contribution in [0, 0.1) is 5.41 Å². The van der Waals surface area contributed by atoms with Crippen LogP contribution in [0.3, 0.4) is 0 Å². The fourth-order valence-electron chi connectivity index (χ4n) is 2.22. The van der Waals surface area contributed by atoms with E-state index in [1.165, 1.54) is 0 Å². The number of nitrogen functional groups attached to an aromatic ring is 1. The standard InChI is InChI=1S/C19H25N5O2/c1-23-19(22)15-7-10-17(24-13-15)26-12-4-2-3-11-25-16-8-5-14(6-9-16)18(20)21/h5-10,13H,2-4,11-12H2,1H3,(H3,20,21)(H2,22,23). The highest BCUT2D eigenvalue weighted by Crippen LogP contribution is 2.13. The first-order valence-corrected chi connectivity index (χ1v) is 8.49. The quantitative estimate of drug-likeness (QED) is 0.343. The van der Waals surface area contributed by atoms with Gasteiger partial charge in [-0.3, -0.25) is 10.4 Å². The second-order valence-electron chi connectivity index (χ2n) is 5.69. The Labute approximate surface area is 153 Å². The maximum atomic E-state index is 7.35. The maximum Gasteiger partial charge on any atom is 0.213 e. The molecule has 0 spiro atoms. The molecule has 0 aliphatic heterocycles. The predicted octanol–water partition coefficient (Wildman–Crippen LogP) is 2.33. The molecule has 1 heterocycles. The number of pyridine rings is 1. The van der Waals surface area contributed by atoms with Crippen molar-refractivity contribution in [3.8, 4) is 11.6 Å². The van der Waals surface area contributed by atoms with Crippen LogP contribution in [0.1, 0.15) is 30.4 Å². The van der Waals surface area contributed by atoms with Crippen LogP contribution in [0.15, 0.2) is 47.6 Å². The molecule has 0 amide bonds. The fourth-order valence-corrected chi connectivity index (χ4v) is 2.22. The van der Waals surface area contributed by atoms with Crippen molar-refractivity contribution in [2.75, 3.05) is 20.3 Å². The normalized spacial score (nSPS) is 11.2. The van der Waals surface area contributed by atoms with Crippen LogP contribution in [0.5, 0.6) is 11.6 Å². The first-order valence-electron chi connectivity index (χ1n) is 8.49. The maximum absolute atomic E-state index is 7.35. The van der Waals surface area contributed by atoms with E-state index < -0.39 is 0 Å². The summed E-state index contributed by atoms with van der Waals surface area (Å²) < 4.78 is 11.3. The molecule has 0 atom stereocenters. The van der Waals surface area contributed by atoms with Crippen LogP contribution < -0.4 is 20.9 Å². The molecule has 0 bridgehead atoms. The summed E-state index contributed by atoms with van der Waals surface area (Å²) in [5, 5.41) is 7.35. The summed E-state index contributed by atoms with van der Waals surface area (Å²) in [4.78, 5) is 8.12. The number of benzene rings is 1. The van der Waals surface area contributed by atoms with Gasteiger partial charge in [0.2, 0.25) is 5.88 Å². The summed E-state index contributed by atoms with van der Waals surface area (Å²) in [6.07, 6.45) is 4.52. The van der Waals surface area contributed by atoms with Crippen molar-refractivity contribution in [2.24, 2.45) is 16.5 Å². The summed E-state index contributed by atoms with van der Waals surface area (Å²) in [5.74, 6) is 1.88. The van der Waals surface area contributed by atoms with E-state index in [2.05, 4.69) is 9.98 Å². The van der Waals surface area contributed by atoms with Gasteiger partial charge in [-0.25, -0.2) is 4.98 Å². The van der Waals surface area contributed by atoms with Gasteiger partial charge in [-0.1, -0.05) is 0 Å². The molecular weight excluding hydrogens is 330 g/mol. The van der Waals surface area contributed by atoms with E-state index in [9.17, 15) is 0 Å². The first-order chi connectivity index (χ1) is 12.6. The molecule has 0 aliphatic carbocycles. The molecule has 1 aromatic heterocycles. The van der Waals surface area contributed by atoms with Crippen LogP contribution in [0.25, 0.3) is 0 Å². The van der Waals surface area contributed by atoms with E-state index in [4.69, 9.17) is 26.4 Å². The van der Waals surface area contributed by atoms with Crippen LogP contribution in [-0.4, -0.2) is 36.9 Å². The van der Waals surface area contributed by atoms with Crippen molar-refractivity contribution in [1.82, 2.24) is 4.98 Å². The van der Waals surface area contributed by atoms with Gasteiger partial charge < -0.3 is 20.9 Å². The lowest BCUT2D eigenvalue weighted by Gasteiger charge is -2.08. The molecule has 138 valence electrons. The zero-order valence-corrected chi connectivity index (χ0v) is 14.9. The lowest BCUT2D eigenvalue weighted by molar-refractivity contribution is 0.274. The molecule has 5 N–H and O–H groups in total. The topological polar surface area (TPSA) is 120 Å². The van der Waals surface area contributed by atoms with Crippen molar-refractivity contribution in [3.05, 3.63) is 53.7 Å². The third-order valence-electron chi connectivity index (χ3n) is 3.75. The monoisotopic (exact) mass is 355 g/mol. The zero-order valence-electron chi connectivity index (χ0n) is 14.9. The average molecular weight is 355 g/mol. The highest BCUT2D eigenvalue weighted by molar-refractivity contribution is 5.97. The Hall–Kier alpha value is -3.09. The minimum atomic E-state index is 0.0580. The Morgan fingerprint density at radius 3 is 2.19 bits per heavy atom. The fraction of sp³-hybridized carbons (Fsp3) is 0.316. The van der Waals surface area contributed by atoms with Gasteiger partial charge >= 0.3 is 0 Å². The van der Waals surface area contributed by atoms with Crippen molar-refractivity contribution < 1.29 is 9.47 Å². The zero-order chi connectivity index (χ0) is 18.8. The number of amidine groups is 2. The highest BCUT2D eigenvalue weighted by atomic mass is 16.5. The summed E-state index contributed by atoms with van der Waals surface area (Å²) >= 11 is 0. The Balaban J connectivity index is 1.58. The number of rotatable bonds is 10. The smallest absolute Gasteiger partial charge is 0.213 e. The third kappa shape index (κ3) is 6.08. The Bertz CT molecular complexity index is 727. The van der Waals surface area contributed by atoms with E-state index >= 15 is 0 Å². The summed E-state index contributed by atoms with van der Waals surface area (Å²) in [5.41, 5.74) is 12.6.